The van der Waals surface area contributed by atoms with E-state index in [1.807, 2.05) is 0 Å². The summed E-state index contributed by atoms with van der Waals surface area (Å²) in [6.45, 7) is 7.78. The van der Waals surface area contributed by atoms with Crippen LogP contribution in [0, 0.1) is 15.5 Å². The molecule has 1 N–H and O–H groups in total. The highest BCUT2D eigenvalue weighted by molar-refractivity contribution is 6.02. The van der Waals surface area contributed by atoms with Gasteiger partial charge in [0.2, 0.25) is 5.91 Å². The van der Waals surface area contributed by atoms with Crippen LogP contribution in [0.2, 0.25) is 0 Å². The highest BCUT2D eigenvalue weighted by Crippen LogP contribution is 2.70. The number of hydrogen-bond acceptors (Lipinski definition) is 6. The largest absolute Gasteiger partial charge is 0.325 e. The fourth-order valence-electron chi connectivity index (χ4n) is 5.73. The molecule has 168 valence electrons. The van der Waals surface area contributed by atoms with E-state index in [-0.39, 0.29) is 22.8 Å². The Morgan fingerprint density at radius 2 is 1.64 bits per heavy atom. The summed E-state index contributed by atoms with van der Waals surface area (Å²) in [6.07, 6.45) is 1.40. The van der Waals surface area contributed by atoms with Gasteiger partial charge >= 0.3 is 0 Å². The second kappa shape index (κ2) is 6.66. The molecule has 8 heteroatoms. The van der Waals surface area contributed by atoms with Crippen LogP contribution in [-0.4, -0.2) is 26.6 Å². The van der Waals surface area contributed by atoms with E-state index in [2.05, 4.69) is 26.1 Å². The zero-order valence-corrected chi connectivity index (χ0v) is 18.9. The van der Waals surface area contributed by atoms with Crippen LogP contribution in [0.5, 0.6) is 0 Å². The van der Waals surface area contributed by atoms with Gasteiger partial charge in [-0.1, -0.05) is 20.8 Å². The van der Waals surface area contributed by atoms with Crippen molar-refractivity contribution in [2.45, 2.75) is 51.4 Å². The van der Waals surface area contributed by atoms with E-state index in [9.17, 15) is 19.7 Å². The molecule has 33 heavy (non-hydrogen) atoms. The zero-order valence-electron chi connectivity index (χ0n) is 18.9. The molecule has 0 aliphatic heterocycles. The van der Waals surface area contributed by atoms with E-state index in [0.717, 1.165) is 12.1 Å². The smallest absolute Gasteiger partial charge is 0.271 e. The molecule has 8 nitrogen and oxygen atoms in total. The third kappa shape index (κ3) is 2.63. The first-order valence-corrected chi connectivity index (χ1v) is 10.9. The molecule has 1 fully saturated rings. The van der Waals surface area contributed by atoms with Gasteiger partial charge in [-0.25, -0.2) is 9.97 Å². The molecule has 2 aliphatic carbocycles. The number of hydrogen-bond donors (Lipinski definition) is 1. The minimum Gasteiger partial charge on any atom is -0.325 e. The summed E-state index contributed by atoms with van der Waals surface area (Å²) in [5, 5.41) is 14.3. The van der Waals surface area contributed by atoms with Crippen LogP contribution in [0.4, 0.5) is 11.4 Å². The number of fused-ring (bicyclic) bond motifs is 6. The number of non-ortho nitro benzene ring substituents is 1. The molecule has 2 aromatic carbocycles. The van der Waals surface area contributed by atoms with Crippen molar-refractivity contribution in [3.63, 3.8) is 0 Å². The van der Waals surface area contributed by atoms with Crippen molar-refractivity contribution in [1.82, 2.24) is 9.97 Å². The molecule has 5 rings (SSSR count). The molecular weight excluding hydrogens is 420 g/mol. The first-order chi connectivity index (χ1) is 15.5. The third-order valence-electron chi connectivity index (χ3n) is 8.17. The van der Waals surface area contributed by atoms with Crippen molar-refractivity contribution in [2.24, 2.45) is 5.41 Å². The number of anilines is 1. The number of nitrogens with zero attached hydrogens (tertiary/aromatic N) is 3. The first-order valence-electron chi connectivity index (χ1n) is 10.9. The van der Waals surface area contributed by atoms with Crippen LogP contribution in [0.15, 0.2) is 42.5 Å². The summed E-state index contributed by atoms with van der Waals surface area (Å²) in [6, 6.07) is 11.3. The molecule has 0 radical (unpaired) electrons. The van der Waals surface area contributed by atoms with Crippen molar-refractivity contribution in [3.05, 3.63) is 69.5 Å². The molecule has 2 bridgehead atoms. The molecule has 0 spiro atoms. The Hall–Kier alpha value is -3.68. The van der Waals surface area contributed by atoms with E-state index >= 15 is 0 Å². The Morgan fingerprint density at radius 3 is 2.27 bits per heavy atom. The van der Waals surface area contributed by atoms with Crippen LogP contribution in [-0.2, 0) is 15.6 Å². The van der Waals surface area contributed by atoms with Crippen molar-refractivity contribution in [3.8, 4) is 0 Å². The van der Waals surface area contributed by atoms with Gasteiger partial charge in [0, 0.05) is 28.8 Å². The molecule has 1 saturated carbocycles. The number of nitrogens with one attached hydrogen (secondary N) is 1. The van der Waals surface area contributed by atoms with Gasteiger partial charge in [0.25, 0.3) is 5.69 Å². The second-order valence-corrected chi connectivity index (χ2v) is 9.80. The van der Waals surface area contributed by atoms with E-state index in [4.69, 9.17) is 9.97 Å². The number of benzene rings is 2. The number of carbonyl (C=O) groups is 2. The molecule has 2 aliphatic rings. The van der Waals surface area contributed by atoms with Gasteiger partial charge in [-0.2, -0.15) is 0 Å². The number of nitro groups is 1. The van der Waals surface area contributed by atoms with Crippen molar-refractivity contribution >= 4 is 34.1 Å². The summed E-state index contributed by atoms with van der Waals surface area (Å²) < 4.78 is 0. The Balaban J connectivity index is 1.64. The summed E-state index contributed by atoms with van der Waals surface area (Å²) >= 11 is 0. The molecule has 1 aromatic heterocycles. The molecular formula is C25H24N4O4. The van der Waals surface area contributed by atoms with E-state index in [1.165, 1.54) is 19.1 Å². The number of rotatable bonds is 4. The van der Waals surface area contributed by atoms with Crippen LogP contribution >= 0.6 is 0 Å². The van der Waals surface area contributed by atoms with Crippen LogP contribution in [0.3, 0.4) is 0 Å². The minimum atomic E-state index is -0.928. The summed E-state index contributed by atoms with van der Waals surface area (Å²) in [5.41, 5.74) is 1.74. The molecule has 1 heterocycles. The van der Waals surface area contributed by atoms with Gasteiger partial charge in [-0.3, -0.25) is 19.7 Å². The maximum atomic E-state index is 13.9. The predicted octanol–water partition coefficient (Wildman–Crippen LogP) is 4.71. The summed E-state index contributed by atoms with van der Waals surface area (Å²) in [4.78, 5) is 46.0. The number of nitro benzene ring substituents is 1. The fraction of sp³-hybridized carbons (Fsp3) is 0.360. The minimum absolute atomic E-state index is 0.0415. The third-order valence-corrected chi connectivity index (χ3v) is 8.17. The van der Waals surface area contributed by atoms with Crippen molar-refractivity contribution < 1.29 is 14.5 Å². The lowest BCUT2D eigenvalue weighted by atomic mass is 9.63. The normalized spacial score (nSPS) is 24.5. The lowest BCUT2D eigenvalue weighted by molar-refractivity contribution is -0.384. The Bertz CT molecular complexity index is 1360. The number of aromatic nitrogens is 2. The maximum Gasteiger partial charge on any atom is 0.271 e. The van der Waals surface area contributed by atoms with Crippen molar-refractivity contribution in [1.29, 1.82) is 0 Å². The first kappa shape index (κ1) is 21.2. The molecule has 0 saturated heterocycles. The lowest BCUT2D eigenvalue weighted by Crippen LogP contribution is -2.48. The highest BCUT2D eigenvalue weighted by atomic mass is 16.6. The standard InChI is InChI=1S/C25H24N4O4/c1-14(30)15-5-7-16(8-6-15)26-22(31)25-12-11-24(4,23(25,2)3)20-21(25)28-19-13-17(29(32)33)9-10-18(19)27-20/h5-10,13H,11-12H2,1-4H3,(H,26,31). The Morgan fingerprint density at radius 1 is 0.970 bits per heavy atom. The average molecular weight is 444 g/mol. The average Bonchev–Trinajstić information content (AvgIpc) is 3.07. The quantitative estimate of drug-likeness (QED) is 0.354. The fourth-order valence-corrected chi connectivity index (χ4v) is 5.73. The van der Waals surface area contributed by atoms with E-state index < -0.39 is 15.8 Å². The topological polar surface area (TPSA) is 115 Å². The van der Waals surface area contributed by atoms with Crippen LogP contribution < -0.4 is 5.32 Å². The summed E-state index contributed by atoms with van der Waals surface area (Å²) in [7, 11) is 0. The lowest BCUT2D eigenvalue weighted by Gasteiger charge is -2.39. The Kier molecular flexibility index (Phi) is 4.28. The van der Waals surface area contributed by atoms with Gasteiger partial charge in [0.1, 0.15) is 0 Å². The predicted molar refractivity (Wildman–Crippen MR) is 123 cm³/mol. The monoisotopic (exact) mass is 444 g/mol. The summed E-state index contributed by atoms with van der Waals surface area (Å²) in [5.74, 6) is -0.218. The number of ketones is 1. The van der Waals surface area contributed by atoms with Gasteiger partial charge in [0.15, 0.2) is 5.78 Å². The van der Waals surface area contributed by atoms with Gasteiger partial charge in [0.05, 0.1) is 32.8 Å². The molecule has 1 amide bonds. The number of Topliss-reactive ketones (excluding diaryl/α,β-unsaturated/α-hetero) is 1. The zero-order chi connectivity index (χ0) is 23.8. The van der Waals surface area contributed by atoms with Gasteiger partial charge < -0.3 is 5.32 Å². The van der Waals surface area contributed by atoms with Gasteiger partial charge in [-0.15, -0.1) is 0 Å². The number of amides is 1. The highest BCUT2D eigenvalue weighted by Gasteiger charge is 2.73. The van der Waals surface area contributed by atoms with Crippen LogP contribution in [0.25, 0.3) is 11.0 Å². The number of carbonyl (C=O) groups excluding carboxylic acids is 2. The molecule has 2 atom stereocenters. The second-order valence-electron chi connectivity index (χ2n) is 9.80. The molecule has 3 aromatic rings. The maximum absolute atomic E-state index is 13.9. The Labute approximate surface area is 190 Å². The van der Waals surface area contributed by atoms with Crippen molar-refractivity contribution in [2.75, 3.05) is 5.32 Å². The van der Waals surface area contributed by atoms with E-state index in [0.29, 0.717) is 34.4 Å². The molecule has 2 unspecified atom stereocenters. The van der Waals surface area contributed by atoms with Crippen LogP contribution in [0.1, 0.15) is 62.3 Å². The van der Waals surface area contributed by atoms with E-state index in [1.54, 1.807) is 30.3 Å². The van der Waals surface area contributed by atoms with Gasteiger partial charge in [-0.05, 0) is 55.5 Å². The SMILES string of the molecule is CC(=O)c1ccc(NC(=O)C23CCC(C)(c4nc5ccc([N+](=O)[O-])cc5nc42)C3(C)C)cc1.